The summed E-state index contributed by atoms with van der Waals surface area (Å²) >= 11 is 0. The number of nitrogens with zero attached hydrogens (tertiary/aromatic N) is 1. The van der Waals surface area contributed by atoms with E-state index in [9.17, 15) is 0 Å². The van der Waals surface area contributed by atoms with Crippen LogP contribution in [0.4, 0.5) is 5.69 Å². The molecule has 0 saturated heterocycles. The molecule has 3 aromatic rings. The number of pyridine rings is 1. The van der Waals surface area contributed by atoms with E-state index in [2.05, 4.69) is 59.9 Å². The van der Waals surface area contributed by atoms with Crippen molar-refractivity contribution in [1.29, 1.82) is 0 Å². The first kappa shape index (κ1) is 14.0. The number of para-hydroxylation sites is 1. The van der Waals surface area contributed by atoms with E-state index in [1.807, 2.05) is 0 Å². The normalized spacial score (nSPS) is 22.5. The zero-order valence-electron chi connectivity index (χ0n) is 13.5. The Bertz CT molecular complexity index is 891. The Morgan fingerprint density at radius 3 is 2.71 bits per heavy atom. The lowest BCUT2D eigenvalue weighted by Crippen LogP contribution is -2.16. The highest BCUT2D eigenvalue weighted by Crippen LogP contribution is 2.44. The van der Waals surface area contributed by atoms with Gasteiger partial charge < -0.3 is 10.1 Å². The van der Waals surface area contributed by atoms with Crippen LogP contribution in [-0.2, 0) is 11.2 Å². The molecule has 0 spiro atoms. The summed E-state index contributed by atoms with van der Waals surface area (Å²) in [5.41, 5.74) is 6.05. The summed E-state index contributed by atoms with van der Waals surface area (Å²) in [6.45, 7) is 0.793. The van der Waals surface area contributed by atoms with Crippen molar-refractivity contribution in [3.63, 3.8) is 0 Å². The van der Waals surface area contributed by atoms with E-state index in [4.69, 9.17) is 9.72 Å². The van der Waals surface area contributed by atoms with Gasteiger partial charge in [-0.1, -0.05) is 48.5 Å². The van der Waals surface area contributed by atoms with Crippen LogP contribution in [0.5, 0.6) is 0 Å². The van der Waals surface area contributed by atoms with Gasteiger partial charge in [-0.3, -0.25) is 4.98 Å². The van der Waals surface area contributed by atoms with Crippen molar-refractivity contribution in [2.45, 2.75) is 31.5 Å². The Labute approximate surface area is 141 Å². The maximum atomic E-state index is 6.55. The lowest BCUT2D eigenvalue weighted by atomic mass is 9.90. The molecule has 2 aromatic carbocycles. The molecule has 0 fully saturated rings. The molecular weight excluding hydrogens is 296 g/mol. The Morgan fingerprint density at radius 1 is 0.958 bits per heavy atom. The van der Waals surface area contributed by atoms with E-state index in [0.717, 1.165) is 31.3 Å². The molecular formula is C21H20N2O. The molecule has 2 aliphatic rings. The van der Waals surface area contributed by atoms with Crippen LogP contribution in [0.3, 0.4) is 0 Å². The first-order valence-electron chi connectivity index (χ1n) is 8.76. The first-order chi connectivity index (χ1) is 11.9. The fourth-order valence-corrected chi connectivity index (χ4v) is 4.05. The number of fused-ring (bicyclic) bond motifs is 2. The molecule has 2 atom stereocenters. The SMILES string of the molecule is c1ccc(C2CNc3c4c(nc5ccccc35)CCCC4O2)cc1. The van der Waals surface area contributed by atoms with E-state index in [0.29, 0.717) is 0 Å². The molecule has 1 aliphatic carbocycles. The van der Waals surface area contributed by atoms with Crippen LogP contribution in [-0.4, -0.2) is 11.5 Å². The molecule has 0 radical (unpaired) electrons. The Morgan fingerprint density at radius 2 is 1.79 bits per heavy atom. The number of ether oxygens (including phenoxy) is 1. The van der Waals surface area contributed by atoms with E-state index in [-0.39, 0.29) is 12.2 Å². The number of aromatic nitrogens is 1. The third-order valence-electron chi connectivity index (χ3n) is 5.18. The molecule has 1 aliphatic heterocycles. The minimum absolute atomic E-state index is 0.0771. The minimum atomic E-state index is 0.0771. The summed E-state index contributed by atoms with van der Waals surface area (Å²) in [4.78, 5) is 4.93. The molecule has 1 N–H and O–H groups in total. The fourth-order valence-electron chi connectivity index (χ4n) is 4.05. The monoisotopic (exact) mass is 316 g/mol. The van der Waals surface area contributed by atoms with Crippen molar-refractivity contribution < 1.29 is 4.74 Å². The predicted octanol–water partition coefficient (Wildman–Crippen LogP) is 4.80. The molecule has 2 unspecified atom stereocenters. The largest absolute Gasteiger partial charge is 0.381 e. The van der Waals surface area contributed by atoms with Gasteiger partial charge in [0.25, 0.3) is 0 Å². The van der Waals surface area contributed by atoms with Gasteiger partial charge in [0.05, 0.1) is 17.3 Å². The maximum absolute atomic E-state index is 6.55. The van der Waals surface area contributed by atoms with Crippen LogP contribution in [0, 0.1) is 0 Å². The van der Waals surface area contributed by atoms with Gasteiger partial charge >= 0.3 is 0 Å². The van der Waals surface area contributed by atoms with Gasteiger partial charge in [-0.05, 0) is 30.9 Å². The second kappa shape index (κ2) is 5.60. The molecule has 0 amide bonds. The Hall–Kier alpha value is -2.39. The zero-order valence-corrected chi connectivity index (χ0v) is 13.5. The lowest BCUT2D eigenvalue weighted by Gasteiger charge is -2.27. The van der Waals surface area contributed by atoms with Crippen LogP contribution >= 0.6 is 0 Å². The second-order valence-corrected chi connectivity index (χ2v) is 6.66. The predicted molar refractivity (Wildman–Crippen MR) is 96.2 cm³/mol. The molecule has 5 rings (SSSR count). The summed E-state index contributed by atoms with van der Waals surface area (Å²) in [6.07, 6.45) is 3.48. The summed E-state index contributed by atoms with van der Waals surface area (Å²) in [5, 5.41) is 4.90. The van der Waals surface area contributed by atoms with Gasteiger partial charge in [0.1, 0.15) is 6.10 Å². The molecule has 0 bridgehead atoms. The quantitative estimate of drug-likeness (QED) is 0.700. The van der Waals surface area contributed by atoms with Crippen LogP contribution in [0.25, 0.3) is 10.9 Å². The van der Waals surface area contributed by atoms with Crippen molar-refractivity contribution in [2.24, 2.45) is 0 Å². The molecule has 2 heterocycles. The average molecular weight is 316 g/mol. The third-order valence-corrected chi connectivity index (χ3v) is 5.18. The molecule has 0 saturated carbocycles. The highest BCUT2D eigenvalue weighted by atomic mass is 16.5. The molecule has 1 aromatic heterocycles. The first-order valence-corrected chi connectivity index (χ1v) is 8.76. The molecule has 120 valence electrons. The Balaban J connectivity index is 1.65. The highest BCUT2D eigenvalue weighted by molar-refractivity contribution is 5.93. The minimum Gasteiger partial charge on any atom is -0.381 e. The number of anilines is 1. The smallest absolute Gasteiger partial charge is 0.101 e. The fraction of sp³-hybridized carbons (Fsp3) is 0.286. The number of benzene rings is 2. The van der Waals surface area contributed by atoms with E-state index in [1.165, 1.54) is 27.9 Å². The number of hydrogen-bond donors (Lipinski definition) is 1. The van der Waals surface area contributed by atoms with Crippen molar-refractivity contribution in [3.05, 3.63) is 71.4 Å². The maximum Gasteiger partial charge on any atom is 0.101 e. The summed E-state index contributed by atoms with van der Waals surface area (Å²) in [6, 6.07) is 19.0. The summed E-state index contributed by atoms with van der Waals surface area (Å²) in [7, 11) is 0. The van der Waals surface area contributed by atoms with Gasteiger partial charge in [-0.25, -0.2) is 0 Å². The van der Waals surface area contributed by atoms with E-state index >= 15 is 0 Å². The van der Waals surface area contributed by atoms with Crippen LogP contribution in [0.15, 0.2) is 54.6 Å². The average Bonchev–Trinajstić information content (AvgIpc) is 2.84. The molecule has 3 heteroatoms. The zero-order chi connectivity index (χ0) is 15.9. The summed E-state index contributed by atoms with van der Waals surface area (Å²) in [5.74, 6) is 0. The highest BCUT2D eigenvalue weighted by Gasteiger charge is 2.32. The lowest BCUT2D eigenvalue weighted by molar-refractivity contribution is -0.0135. The van der Waals surface area contributed by atoms with Gasteiger partial charge in [0.15, 0.2) is 0 Å². The number of rotatable bonds is 1. The Kier molecular flexibility index (Phi) is 3.27. The summed E-state index contributed by atoms with van der Waals surface area (Å²) < 4.78 is 6.55. The second-order valence-electron chi connectivity index (χ2n) is 6.66. The third kappa shape index (κ3) is 2.20. The van der Waals surface area contributed by atoms with Crippen molar-refractivity contribution in [3.8, 4) is 0 Å². The van der Waals surface area contributed by atoms with Gasteiger partial charge in [0.2, 0.25) is 0 Å². The number of nitrogens with one attached hydrogen (secondary N) is 1. The van der Waals surface area contributed by atoms with E-state index in [1.54, 1.807) is 0 Å². The van der Waals surface area contributed by atoms with Gasteiger partial charge in [0, 0.05) is 23.2 Å². The van der Waals surface area contributed by atoms with Crippen LogP contribution in [0.2, 0.25) is 0 Å². The molecule has 24 heavy (non-hydrogen) atoms. The van der Waals surface area contributed by atoms with Crippen molar-refractivity contribution in [1.82, 2.24) is 4.98 Å². The molecule has 3 nitrogen and oxygen atoms in total. The van der Waals surface area contributed by atoms with Gasteiger partial charge in [-0.15, -0.1) is 0 Å². The number of aryl methyl sites for hydroxylation is 1. The number of hydrogen-bond acceptors (Lipinski definition) is 3. The van der Waals surface area contributed by atoms with Crippen LogP contribution < -0.4 is 5.32 Å². The topological polar surface area (TPSA) is 34.2 Å². The van der Waals surface area contributed by atoms with Gasteiger partial charge in [-0.2, -0.15) is 0 Å². The standard InChI is InChI=1S/C21H20N2O/c1-2-7-14(8-3-1)19-13-22-21-15-9-4-5-10-16(15)23-17-11-6-12-18(24-19)20(17)21/h1-5,7-10,18-19,22H,6,11-13H2. The van der Waals surface area contributed by atoms with Crippen molar-refractivity contribution >= 4 is 16.6 Å². The van der Waals surface area contributed by atoms with Crippen molar-refractivity contribution in [2.75, 3.05) is 11.9 Å². The van der Waals surface area contributed by atoms with Crippen LogP contribution in [0.1, 0.15) is 41.9 Å². The van der Waals surface area contributed by atoms with E-state index < -0.39 is 0 Å².